The van der Waals surface area contributed by atoms with Crippen LogP contribution in [0.25, 0.3) is 0 Å². The summed E-state index contributed by atoms with van der Waals surface area (Å²) in [6, 6.07) is 12.4. The molecule has 0 radical (unpaired) electrons. The number of rotatable bonds is 6. The Morgan fingerprint density at radius 3 is 2.26 bits per heavy atom. The monoisotopic (exact) mass is 390 g/mol. The number of hydrogen-bond donors (Lipinski definition) is 1. The zero-order valence-electron chi connectivity index (χ0n) is 14.9. The van der Waals surface area contributed by atoms with Crippen LogP contribution in [0, 0.1) is 10.1 Å². The van der Waals surface area contributed by atoms with E-state index >= 15 is 0 Å². The zero-order chi connectivity index (χ0) is 19.8. The molecule has 142 valence electrons. The molecule has 0 fully saturated rings. The fourth-order valence-electron chi connectivity index (χ4n) is 2.31. The molecule has 2 rings (SSSR count). The molecule has 0 heterocycles. The molecule has 0 saturated heterocycles. The smallest absolute Gasteiger partial charge is 0.354 e. The van der Waals surface area contributed by atoms with Crippen molar-refractivity contribution in [2.75, 3.05) is 18.4 Å². The maximum atomic E-state index is 12.0. The fourth-order valence-corrected chi connectivity index (χ4v) is 2.43. The van der Waals surface area contributed by atoms with E-state index in [4.69, 9.17) is 16.4 Å². The summed E-state index contributed by atoms with van der Waals surface area (Å²) in [5.41, 5.74) is 1.09. The van der Waals surface area contributed by atoms with Gasteiger partial charge >= 0.3 is 6.09 Å². The van der Waals surface area contributed by atoms with Crippen LogP contribution in [0.4, 0.5) is 16.2 Å². The van der Waals surface area contributed by atoms with Crippen molar-refractivity contribution >= 4 is 34.9 Å². The molecule has 0 atom stereocenters. The van der Waals surface area contributed by atoms with Gasteiger partial charge in [-0.15, -0.1) is 0 Å². The Hall–Kier alpha value is -3.13. The number of nitrogens with zero attached hydrogens (tertiary/aromatic N) is 3. The van der Waals surface area contributed by atoms with Gasteiger partial charge in [-0.1, -0.05) is 16.8 Å². The lowest BCUT2D eigenvalue weighted by Gasteiger charge is -2.22. The van der Waals surface area contributed by atoms with Crippen LogP contribution < -0.4 is 5.32 Å². The Kier molecular flexibility index (Phi) is 7.13. The van der Waals surface area contributed by atoms with Gasteiger partial charge in [0, 0.05) is 41.5 Å². The summed E-state index contributed by atoms with van der Waals surface area (Å²) in [7, 11) is 0. The second-order valence-corrected chi connectivity index (χ2v) is 5.84. The summed E-state index contributed by atoms with van der Waals surface area (Å²) in [6.45, 7) is 5.10. The zero-order valence-corrected chi connectivity index (χ0v) is 15.6. The minimum Gasteiger partial charge on any atom is -0.354 e. The summed E-state index contributed by atoms with van der Waals surface area (Å²) in [6.07, 6.45) is -0.760. The highest BCUT2D eigenvalue weighted by molar-refractivity contribution is 6.30. The van der Waals surface area contributed by atoms with E-state index in [1.165, 1.54) is 12.1 Å². The number of benzene rings is 2. The van der Waals surface area contributed by atoms with E-state index in [9.17, 15) is 14.9 Å². The number of amidine groups is 1. The average molecular weight is 391 g/mol. The normalized spacial score (nSPS) is 11.0. The third-order valence-electron chi connectivity index (χ3n) is 3.70. The van der Waals surface area contributed by atoms with Gasteiger partial charge in [-0.2, -0.15) is 0 Å². The first-order valence-electron chi connectivity index (χ1n) is 8.26. The first-order valence-corrected chi connectivity index (χ1v) is 8.63. The number of hydrogen-bond acceptors (Lipinski definition) is 5. The number of anilines is 1. The van der Waals surface area contributed by atoms with Crippen LogP contribution in [0.15, 0.2) is 53.7 Å². The van der Waals surface area contributed by atoms with Crippen molar-refractivity contribution < 1.29 is 14.6 Å². The van der Waals surface area contributed by atoms with Crippen LogP contribution in [-0.4, -0.2) is 34.8 Å². The van der Waals surface area contributed by atoms with E-state index in [-0.39, 0.29) is 5.69 Å². The summed E-state index contributed by atoms with van der Waals surface area (Å²) in [5.74, 6) is 0.404. The van der Waals surface area contributed by atoms with E-state index in [0.29, 0.717) is 35.2 Å². The van der Waals surface area contributed by atoms with Crippen LogP contribution in [0.2, 0.25) is 5.02 Å². The number of halogens is 1. The number of nitrogens with one attached hydrogen (secondary N) is 1. The highest BCUT2D eigenvalue weighted by Crippen LogP contribution is 2.16. The maximum absolute atomic E-state index is 12.0. The minimum atomic E-state index is -0.760. The van der Waals surface area contributed by atoms with Gasteiger partial charge in [0.05, 0.1) is 4.92 Å². The molecule has 0 aromatic heterocycles. The van der Waals surface area contributed by atoms with E-state index < -0.39 is 11.0 Å². The van der Waals surface area contributed by atoms with Crippen molar-refractivity contribution in [3.05, 3.63) is 69.2 Å². The van der Waals surface area contributed by atoms with Gasteiger partial charge in [-0.05, 0) is 50.2 Å². The fraction of sp³-hybridized carbons (Fsp3) is 0.222. The number of non-ortho nitro benzene ring substituents is 1. The van der Waals surface area contributed by atoms with Crippen molar-refractivity contribution in [1.29, 1.82) is 0 Å². The quantitative estimate of drug-likeness (QED) is 0.257. The lowest BCUT2D eigenvalue weighted by Crippen LogP contribution is -2.32. The second-order valence-electron chi connectivity index (χ2n) is 5.40. The predicted octanol–water partition coefficient (Wildman–Crippen LogP) is 4.50. The maximum Gasteiger partial charge on any atom is 0.437 e. The third-order valence-corrected chi connectivity index (χ3v) is 3.96. The molecule has 2 aromatic rings. The van der Waals surface area contributed by atoms with Gasteiger partial charge in [0.15, 0.2) is 5.84 Å². The second kappa shape index (κ2) is 9.54. The molecule has 0 aliphatic heterocycles. The van der Waals surface area contributed by atoms with Gasteiger partial charge in [-0.25, -0.2) is 4.79 Å². The average Bonchev–Trinajstić information content (AvgIpc) is 2.67. The topological polar surface area (TPSA) is 97.1 Å². The SMILES string of the molecule is CCN(CC)C(=NOC(=O)Nc1ccc(Cl)cc1)c1ccc([N+](=O)[O-])cc1. The van der Waals surface area contributed by atoms with Crippen molar-refractivity contribution in [2.45, 2.75) is 13.8 Å². The standard InChI is InChI=1S/C18H19ClN4O4/c1-3-22(4-2)17(13-5-11-16(12-6-13)23(25)26)21-27-18(24)20-15-9-7-14(19)8-10-15/h5-12H,3-4H2,1-2H3,(H,20,24). The van der Waals surface area contributed by atoms with E-state index in [2.05, 4.69) is 10.5 Å². The molecule has 9 heteroatoms. The number of carbonyl (C=O) groups is 1. The highest BCUT2D eigenvalue weighted by atomic mass is 35.5. The molecule has 0 spiro atoms. The van der Waals surface area contributed by atoms with E-state index in [1.54, 1.807) is 36.4 Å². The third kappa shape index (κ3) is 5.68. The molecule has 8 nitrogen and oxygen atoms in total. The molecule has 1 amide bonds. The molecule has 0 unspecified atom stereocenters. The lowest BCUT2D eigenvalue weighted by atomic mass is 10.1. The number of carbonyl (C=O) groups excluding carboxylic acids is 1. The van der Waals surface area contributed by atoms with Crippen molar-refractivity contribution in [3.8, 4) is 0 Å². The van der Waals surface area contributed by atoms with E-state index in [0.717, 1.165) is 0 Å². The molecule has 2 aromatic carbocycles. The first-order chi connectivity index (χ1) is 12.9. The van der Waals surface area contributed by atoms with Crippen LogP contribution in [0.3, 0.4) is 0 Å². The Morgan fingerprint density at radius 2 is 1.74 bits per heavy atom. The Balaban J connectivity index is 2.18. The largest absolute Gasteiger partial charge is 0.437 e. The minimum absolute atomic E-state index is 0.0287. The summed E-state index contributed by atoms with van der Waals surface area (Å²) in [4.78, 5) is 29.2. The molecule has 0 aliphatic carbocycles. The summed E-state index contributed by atoms with van der Waals surface area (Å²) < 4.78 is 0. The van der Waals surface area contributed by atoms with Gasteiger partial charge in [0.25, 0.3) is 5.69 Å². The van der Waals surface area contributed by atoms with Gasteiger partial charge in [-0.3, -0.25) is 20.3 Å². The predicted molar refractivity (Wildman–Crippen MR) is 104 cm³/mol. The van der Waals surface area contributed by atoms with Crippen molar-refractivity contribution in [2.24, 2.45) is 5.16 Å². The highest BCUT2D eigenvalue weighted by Gasteiger charge is 2.15. The lowest BCUT2D eigenvalue weighted by molar-refractivity contribution is -0.384. The number of nitro groups is 1. The van der Waals surface area contributed by atoms with Gasteiger partial charge in [0.2, 0.25) is 0 Å². The molecular formula is C18H19ClN4O4. The Morgan fingerprint density at radius 1 is 1.15 bits per heavy atom. The van der Waals surface area contributed by atoms with Crippen LogP contribution in [0.1, 0.15) is 19.4 Å². The van der Waals surface area contributed by atoms with Crippen molar-refractivity contribution in [1.82, 2.24) is 4.90 Å². The van der Waals surface area contributed by atoms with Gasteiger partial charge in [0.1, 0.15) is 0 Å². The van der Waals surface area contributed by atoms with Crippen LogP contribution in [0.5, 0.6) is 0 Å². The Bertz CT molecular complexity index is 818. The van der Waals surface area contributed by atoms with Crippen LogP contribution >= 0.6 is 11.6 Å². The summed E-state index contributed by atoms with van der Waals surface area (Å²) in [5, 5.41) is 17.9. The molecule has 0 saturated carbocycles. The van der Waals surface area contributed by atoms with E-state index in [1.807, 2.05) is 18.7 Å². The molecule has 27 heavy (non-hydrogen) atoms. The van der Waals surface area contributed by atoms with Crippen molar-refractivity contribution in [3.63, 3.8) is 0 Å². The number of nitro benzene ring substituents is 1. The molecule has 0 aliphatic rings. The van der Waals surface area contributed by atoms with Gasteiger partial charge < -0.3 is 4.90 Å². The molecule has 0 bridgehead atoms. The first kappa shape index (κ1) is 20.2. The number of oxime groups is 1. The van der Waals surface area contributed by atoms with Crippen LogP contribution in [-0.2, 0) is 4.84 Å². The summed E-state index contributed by atoms with van der Waals surface area (Å²) >= 11 is 5.80. The Labute approximate surface area is 161 Å². The molecule has 1 N–H and O–H groups in total. The number of amides is 1. The molecular weight excluding hydrogens is 372 g/mol.